The summed E-state index contributed by atoms with van der Waals surface area (Å²) < 4.78 is 10.7. The van der Waals surface area contributed by atoms with Crippen molar-refractivity contribution in [3.05, 3.63) is 143 Å². The smallest absolute Gasteiger partial charge is 0.405 e. The summed E-state index contributed by atoms with van der Waals surface area (Å²) in [5, 5.41) is 0. The predicted molar refractivity (Wildman–Crippen MR) is 252 cm³/mol. The van der Waals surface area contributed by atoms with E-state index in [2.05, 4.69) is 87.9 Å². The Labute approximate surface area is 385 Å². The van der Waals surface area contributed by atoms with Gasteiger partial charge in [-0.3, -0.25) is 9.59 Å². The molecule has 2 fully saturated rings. The number of benzene rings is 4. The van der Waals surface area contributed by atoms with Crippen LogP contribution in [0.2, 0.25) is 0 Å². The third-order valence-corrected chi connectivity index (χ3v) is 12.5. The second-order valence-corrected chi connectivity index (χ2v) is 19.2. The molecule has 0 bridgehead atoms. The maximum atomic E-state index is 14.1. The van der Waals surface area contributed by atoms with Crippen LogP contribution in [0.1, 0.15) is 125 Å². The fourth-order valence-corrected chi connectivity index (χ4v) is 9.69. The molecule has 6 aromatic rings. The van der Waals surface area contributed by atoms with E-state index in [4.69, 9.17) is 30.9 Å². The van der Waals surface area contributed by atoms with Gasteiger partial charge in [-0.05, 0) is 64.3 Å². The van der Waals surface area contributed by atoms with Crippen molar-refractivity contribution in [3.8, 4) is 33.6 Å². The van der Waals surface area contributed by atoms with E-state index in [1.165, 1.54) is 11.1 Å². The number of primary amides is 2. The van der Waals surface area contributed by atoms with Gasteiger partial charge in [0.25, 0.3) is 11.8 Å². The maximum absolute atomic E-state index is 14.1. The van der Waals surface area contributed by atoms with Crippen LogP contribution in [-0.4, -0.2) is 66.8 Å². The number of nitrogens with one attached hydrogen (secondary N) is 2. The molecule has 4 amide bonds. The van der Waals surface area contributed by atoms with E-state index >= 15 is 0 Å². The number of H-pyrrole nitrogens is 2. The standard InChI is InChI=1S/C52H58N8O6/c1-51(2,3)41-35(31-21-23-32(24-22-31)37-29-55-45(57-37)39-19-13-27-59(39)47(61)43(65-49(53)63)33-15-9-7-10-16-33)25-26-36(42(41)52(4,5)6)38-30-56-46(58-38)40-20-14-28-60(40)48(62)44(66-50(54)64)34-17-11-8-12-18-34/h7-12,15-18,21-26,29-30,39-40,43-44H,13-14,19-20,27-28H2,1-6H3,(H2,53,63)(H2,54,64)(H,55,57)(H,56,58)/t39?,40?,43-,44-/m1/s1. The van der Waals surface area contributed by atoms with Gasteiger partial charge in [0, 0.05) is 29.8 Å². The third kappa shape index (κ3) is 9.31. The molecule has 4 atom stereocenters. The number of nitrogens with zero attached hydrogens (tertiary/aromatic N) is 4. The Balaban J connectivity index is 1.07. The molecule has 2 unspecified atom stereocenters. The first-order chi connectivity index (χ1) is 31.5. The largest absolute Gasteiger partial charge is 0.431 e. The number of imidazole rings is 2. The summed E-state index contributed by atoms with van der Waals surface area (Å²) in [6.07, 6.45) is 2.26. The summed E-state index contributed by atoms with van der Waals surface area (Å²) in [5.74, 6) is 0.647. The van der Waals surface area contributed by atoms with Crippen molar-refractivity contribution in [2.24, 2.45) is 11.5 Å². The Hall–Kier alpha value is -7.22. The van der Waals surface area contributed by atoms with Gasteiger partial charge in [-0.25, -0.2) is 19.6 Å². The number of aromatic amines is 2. The first kappa shape index (κ1) is 45.4. The molecule has 0 radical (unpaired) electrons. The average Bonchev–Trinajstić information content (AvgIpc) is 4.14. The molecule has 0 aliphatic carbocycles. The summed E-state index contributed by atoms with van der Waals surface area (Å²) in [7, 11) is 0. The maximum Gasteiger partial charge on any atom is 0.405 e. The van der Waals surface area contributed by atoms with E-state index in [1.807, 2.05) is 18.3 Å². The summed E-state index contributed by atoms with van der Waals surface area (Å²) in [6.45, 7) is 14.4. The van der Waals surface area contributed by atoms with Gasteiger partial charge in [-0.1, -0.05) is 139 Å². The molecular formula is C52H58N8O6. The van der Waals surface area contributed by atoms with Gasteiger partial charge in [0.1, 0.15) is 11.6 Å². The fraction of sp³-hybridized carbons (Fsp3) is 0.346. The lowest BCUT2D eigenvalue weighted by atomic mass is 9.70. The molecule has 2 aliphatic rings. The van der Waals surface area contributed by atoms with Crippen molar-refractivity contribution in [1.29, 1.82) is 0 Å². The summed E-state index contributed by atoms with van der Waals surface area (Å²) in [5.41, 5.74) is 19.6. The van der Waals surface area contributed by atoms with Gasteiger partial charge >= 0.3 is 12.2 Å². The normalized spacial score (nSPS) is 17.4. The number of aromatic nitrogens is 4. The van der Waals surface area contributed by atoms with Crippen LogP contribution >= 0.6 is 0 Å². The highest BCUT2D eigenvalue weighted by Crippen LogP contribution is 2.46. The van der Waals surface area contributed by atoms with Crippen LogP contribution in [0.15, 0.2) is 109 Å². The van der Waals surface area contributed by atoms with E-state index in [-0.39, 0.29) is 34.7 Å². The molecule has 14 heteroatoms. The highest BCUT2D eigenvalue weighted by molar-refractivity contribution is 5.86. The molecule has 8 rings (SSSR count). The van der Waals surface area contributed by atoms with Crippen LogP contribution in [-0.2, 0) is 29.9 Å². The number of nitrogens with two attached hydrogens (primary N) is 2. The molecule has 342 valence electrons. The van der Waals surface area contributed by atoms with E-state index in [0.717, 1.165) is 46.5 Å². The minimum absolute atomic E-state index is 0.262. The van der Waals surface area contributed by atoms with E-state index in [1.54, 1.807) is 64.5 Å². The van der Waals surface area contributed by atoms with Crippen LogP contribution in [0.4, 0.5) is 9.59 Å². The minimum atomic E-state index is -1.16. The van der Waals surface area contributed by atoms with E-state index < -0.39 is 24.4 Å². The molecule has 4 heterocycles. The molecule has 2 aliphatic heterocycles. The number of hydrogen-bond donors (Lipinski definition) is 4. The van der Waals surface area contributed by atoms with E-state index in [0.29, 0.717) is 48.7 Å². The Morgan fingerprint density at radius 3 is 1.44 bits per heavy atom. The lowest BCUT2D eigenvalue weighted by Crippen LogP contribution is -2.37. The Bertz CT molecular complexity index is 2720. The van der Waals surface area contributed by atoms with Crippen molar-refractivity contribution < 1.29 is 28.7 Å². The summed E-state index contributed by atoms with van der Waals surface area (Å²) in [6, 6.07) is 29.9. The number of amides is 4. The van der Waals surface area contributed by atoms with Crippen LogP contribution in [0.25, 0.3) is 33.6 Å². The van der Waals surface area contributed by atoms with Crippen molar-refractivity contribution in [1.82, 2.24) is 29.7 Å². The van der Waals surface area contributed by atoms with Gasteiger partial charge in [-0.2, -0.15) is 0 Å². The minimum Gasteiger partial charge on any atom is -0.431 e. The quantitative estimate of drug-likeness (QED) is 0.0984. The number of hydrogen-bond acceptors (Lipinski definition) is 8. The molecule has 6 N–H and O–H groups in total. The van der Waals surface area contributed by atoms with E-state index in [9.17, 15) is 19.2 Å². The molecule has 14 nitrogen and oxygen atoms in total. The second kappa shape index (κ2) is 18.3. The third-order valence-electron chi connectivity index (χ3n) is 12.5. The topological polar surface area (TPSA) is 203 Å². The highest BCUT2D eigenvalue weighted by atomic mass is 16.6. The van der Waals surface area contributed by atoms with Crippen molar-refractivity contribution in [2.75, 3.05) is 13.1 Å². The Morgan fingerprint density at radius 2 is 0.985 bits per heavy atom. The molecule has 4 aromatic carbocycles. The summed E-state index contributed by atoms with van der Waals surface area (Å²) in [4.78, 5) is 71.9. The van der Waals surface area contributed by atoms with Crippen LogP contribution < -0.4 is 11.5 Å². The van der Waals surface area contributed by atoms with Gasteiger partial charge in [0.15, 0.2) is 0 Å². The zero-order chi connectivity index (χ0) is 46.9. The number of rotatable bonds is 11. The van der Waals surface area contributed by atoms with Crippen LogP contribution in [0, 0.1) is 0 Å². The molecular weight excluding hydrogens is 833 g/mol. The van der Waals surface area contributed by atoms with Crippen LogP contribution in [0.3, 0.4) is 0 Å². The average molecular weight is 891 g/mol. The number of carbonyl (C=O) groups is 4. The van der Waals surface area contributed by atoms with Gasteiger partial charge in [0.2, 0.25) is 12.2 Å². The van der Waals surface area contributed by atoms with Crippen molar-refractivity contribution in [3.63, 3.8) is 0 Å². The molecule has 0 saturated carbocycles. The predicted octanol–water partition coefficient (Wildman–Crippen LogP) is 9.73. The first-order valence-electron chi connectivity index (χ1n) is 22.5. The lowest BCUT2D eigenvalue weighted by molar-refractivity contribution is -0.142. The lowest BCUT2D eigenvalue weighted by Gasteiger charge is -2.34. The Kier molecular flexibility index (Phi) is 12.6. The van der Waals surface area contributed by atoms with Crippen LogP contribution in [0.5, 0.6) is 0 Å². The fourth-order valence-electron chi connectivity index (χ4n) is 9.69. The zero-order valence-corrected chi connectivity index (χ0v) is 38.3. The molecule has 66 heavy (non-hydrogen) atoms. The number of carbonyl (C=O) groups excluding carboxylic acids is 4. The van der Waals surface area contributed by atoms with Crippen molar-refractivity contribution in [2.45, 2.75) is 102 Å². The van der Waals surface area contributed by atoms with Crippen molar-refractivity contribution >= 4 is 24.0 Å². The SMILES string of the molecule is CC(C)(C)c1c(-c2ccc(-c3cnc(C4CCCN4C(=O)[C@H](OC(N)=O)c4ccccc4)[nH]3)cc2)ccc(-c2cnc(C3CCCN3C(=O)[C@H](OC(N)=O)c3ccccc3)[nH]2)c1C(C)(C)C. The first-order valence-corrected chi connectivity index (χ1v) is 22.5. The second-order valence-electron chi connectivity index (χ2n) is 19.2. The van der Waals surface area contributed by atoms with Gasteiger partial charge in [0.05, 0.1) is 35.9 Å². The zero-order valence-electron chi connectivity index (χ0n) is 38.3. The Morgan fingerprint density at radius 1 is 0.576 bits per heavy atom. The van der Waals surface area contributed by atoms with Gasteiger partial charge in [-0.15, -0.1) is 0 Å². The number of likely N-dealkylation sites (tertiary alicyclic amines) is 2. The molecule has 2 aromatic heterocycles. The summed E-state index contributed by atoms with van der Waals surface area (Å²) >= 11 is 0. The highest BCUT2D eigenvalue weighted by Gasteiger charge is 2.40. The molecule has 0 spiro atoms. The molecule has 2 saturated heterocycles. The number of ether oxygens (including phenoxy) is 2. The monoisotopic (exact) mass is 890 g/mol. The van der Waals surface area contributed by atoms with Gasteiger partial charge < -0.3 is 40.7 Å².